The zero-order valence-electron chi connectivity index (χ0n) is 18.8. The van der Waals surface area contributed by atoms with Gasteiger partial charge in [0.25, 0.3) is 0 Å². The minimum absolute atomic E-state index is 0.0289. The molecule has 7 nitrogen and oxygen atoms in total. The number of rotatable bonds is 8. The largest absolute Gasteiger partial charge is 0.462 e. The lowest BCUT2D eigenvalue weighted by atomic mass is 10.0. The number of piperidine rings is 1. The molecule has 1 aromatic heterocycles. The Morgan fingerprint density at radius 2 is 1.84 bits per heavy atom. The van der Waals surface area contributed by atoms with Crippen molar-refractivity contribution in [3.8, 4) is 10.4 Å². The summed E-state index contributed by atoms with van der Waals surface area (Å²) in [5.41, 5.74) is 1.46. The molecule has 0 atom stereocenters. The number of hydrogen-bond acceptors (Lipinski definition) is 6. The van der Waals surface area contributed by atoms with E-state index in [0.29, 0.717) is 10.6 Å². The average Bonchev–Trinajstić information content (AvgIpc) is 3.19. The molecule has 2 amide bonds. The second kappa shape index (κ2) is 11.2. The molecule has 2 N–H and O–H groups in total. The molecular formula is C24H31N3O4S. The second-order valence-electron chi connectivity index (χ2n) is 8.20. The fourth-order valence-electron chi connectivity index (χ4n) is 3.57. The van der Waals surface area contributed by atoms with Gasteiger partial charge in [0, 0.05) is 29.9 Å². The van der Waals surface area contributed by atoms with Gasteiger partial charge >= 0.3 is 5.97 Å². The molecule has 1 aromatic carbocycles. The Bertz CT molecular complexity index is 934. The van der Waals surface area contributed by atoms with Crippen molar-refractivity contribution < 1.29 is 19.1 Å². The highest BCUT2D eigenvalue weighted by molar-refractivity contribution is 7.18. The van der Waals surface area contributed by atoms with Gasteiger partial charge in [-0.1, -0.05) is 44.2 Å². The van der Waals surface area contributed by atoms with Gasteiger partial charge in [-0.05, 0) is 31.4 Å². The predicted octanol–water partition coefficient (Wildman–Crippen LogP) is 3.77. The van der Waals surface area contributed by atoms with Crippen molar-refractivity contribution in [2.24, 2.45) is 5.92 Å². The predicted molar refractivity (Wildman–Crippen MR) is 127 cm³/mol. The lowest BCUT2D eigenvalue weighted by Crippen LogP contribution is -2.47. The van der Waals surface area contributed by atoms with Crippen LogP contribution in [-0.2, 0) is 14.3 Å². The Balaban J connectivity index is 1.61. The van der Waals surface area contributed by atoms with Crippen LogP contribution in [0.25, 0.3) is 10.4 Å². The number of anilines is 1. The Kier molecular flexibility index (Phi) is 8.41. The number of likely N-dealkylation sites (tertiary alicyclic amines) is 1. The molecule has 172 valence electrons. The van der Waals surface area contributed by atoms with Crippen molar-refractivity contribution in [3.63, 3.8) is 0 Å². The first-order valence-corrected chi connectivity index (χ1v) is 11.9. The van der Waals surface area contributed by atoms with Gasteiger partial charge in [-0.15, -0.1) is 11.3 Å². The molecule has 0 bridgehead atoms. The molecule has 2 heterocycles. The van der Waals surface area contributed by atoms with Gasteiger partial charge in [0.2, 0.25) is 11.8 Å². The summed E-state index contributed by atoms with van der Waals surface area (Å²) in [6.07, 6.45) is 1.63. The summed E-state index contributed by atoms with van der Waals surface area (Å²) in [6, 6.07) is 11.7. The third-order valence-electron chi connectivity index (χ3n) is 5.35. The topological polar surface area (TPSA) is 87.7 Å². The highest BCUT2D eigenvalue weighted by Crippen LogP contribution is 2.35. The molecule has 0 unspecified atom stereocenters. The van der Waals surface area contributed by atoms with Gasteiger partial charge in [-0.2, -0.15) is 0 Å². The van der Waals surface area contributed by atoms with E-state index in [0.717, 1.165) is 36.4 Å². The monoisotopic (exact) mass is 457 g/mol. The zero-order chi connectivity index (χ0) is 23.1. The summed E-state index contributed by atoms with van der Waals surface area (Å²) in [7, 11) is 0. The van der Waals surface area contributed by atoms with Crippen LogP contribution in [0.1, 0.15) is 43.3 Å². The van der Waals surface area contributed by atoms with E-state index in [1.54, 1.807) is 6.92 Å². The molecule has 3 rings (SSSR count). The maximum Gasteiger partial charge on any atom is 0.350 e. The lowest BCUT2D eigenvalue weighted by Gasteiger charge is -2.32. The third kappa shape index (κ3) is 6.40. The maximum atomic E-state index is 12.7. The van der Waals surface area contributed by atoms with Crippen molar-refractivity contribution in [2.45, 2.75) is 39.7 Å². The number of benzene rings is 1. The molecular weight excluding hydrogens is 426 g/mol. The van der Waals surface area contributed by atoms with Gasteiger partial charge < -0.3 is 15.4 Å². The highest BCUT2D eigenvalue weighted by atomic mass is 32.1. The summed E-state index contributed by atoms with van der Waals surface area (Å²) in [4.78, 5) is 40.4. The molecule has 1 fully saturated rings. The smallest absolute Gasteiger partial charge is 0.350 e. The first-order chi connectivity index (χ1) is 15.4. The van der Waals surface area contributed by atoms with E-state index in [-0.39, 0.29) is 36.9 Å². The van der Waals surface area contributed by atoms with Crippen molar-refractivity contribution in [3.05, 3.63) is 41.3 Å². The van der Waals surface area contributed by atoms with Crippen LogP contribution in [0.2, 0.25) is 0 Å². The van der Waals surface area contributed by atoms with E-state index in [1.807, 2.05) is 50.2 Å². The number of carbonyl (C=O) groups is 3. The first kappa shape index (κ1) is 23.9. The molecule has 0 saturated carbocycles. The Labute approximate surface area is 193 Å². The van der Waals surface area contributed by atoms with Crippen molar-refractivity contribution in [2.75, 3.05) is 31.6 Å². The quantitative estimate of drug-likeness (QED) is 0.589. The molecule has 32 heavy (non-hydrogen) atoms. The number of amides is 2. The van der Waals surface area contributed by atoms with E-state index in [2.05, 4.69) is 15.5 Å². The van der Waals surface area contributed by atoms with Crippen LogP contribution < -0.4 is 10.6 Å². The maximum absolute atomic E-state index is 12.7. The van der Waals surface area contributed by atoms with Crippen molar-refractivity contribution >= 4 is 34.8 Å². The van der Waals surface area contributed by atoms with E-state index in [9.17, 15) is 14.4 Å². The highest BCUT2D eigenvalue weighted by Gasteiger charge is 2.24. The van der Waals surface area contributed by atoms with Crippen molar-refractivity contribution in [1.29, 1.82) is 0 Å². The van der Waals surface area contributed by atoms with E-state index >= 15 is 0 Å². The second-order valence-corrected chi connectivity index (χ2v) is 9.25. The zero-order valence-corrected chi connectivity index (χ0v) is 19.7. The Morgan fingerprint density at radius 1 is 1.16 bits per heavy atom. The standard InChI is InChI=1S/C24H31N3O4S/c1-4-31-24(30)22-19(14-20(32-22)17-8-6-5-7-9-17)26-21(28)15-27-12-10-18(11-13-27)25-23(29)16(2)3/h5-9,14,16,18H,4,10-13,15H2,1-3H3,(H,25,29)(H,26,28). The summed E-state index contributed by atoms with van der Waals surface area (Å²) < 4.78 is 5.18. The van der Waals surface area contributed by atoms with E-state index in [4.69, 9.17) is 4.74 Å². The summed E-state index contributed by atoms with van der Waals surface area (Å²) in [6.45, 7) is 7.51. The molecule has 0 radical (unpaired) electrons. The summed E-state index contributed by atoms with van der Waals surface area (Å²) in [5, 5.41) is 5.97. The molecule has 8 heteroatoms. The van der Waals surface area contributed by atoms with Gasteiger partial charge in [0.05, 0.1) is 18.8 Å². The molecule has 0 aliphatic carbocycles. The molecule has 1 aliphatic rings. The number of carbonyl (C=O) groups excluding carboxylic acids is 3. The number of thiophene rings is 1. The van der Waals surface area contributed by atoms with Gasteiger partial charge in [-0.25, -0.2) is 4.79 Å². The number of nitrogens with zero attached hydrogens (tertiary/aromatic N) is 1. The number of hydrogen-bond donors (Lipinski definition) is 2. The summed E-state index contributed by atoms with van der Waals surface area (Å²) >= 11 is 1.31. The van der Waals surface area contributed by atoms with Crippen LogP contribution in [0.3, 0.4) is 0 Å². The molecule has 1 aliphatic heterocycles. The Morgan fingerprint density at radius 3 is 2.47 bits per heavy atom. The Hall–Kier alpha value is -2.71. The van der Waals surface area contributed by atoms with E-state index < -0.39 is 5.97 Å². The minimum Gasteiger partial charge on any atom is -0.462 e. The van der Waals surface area contributed by atoms with Crippen LogP contribution in [-0.4, -0.2) is 55.0 Å². The normalized spacial score (nSPS) is 14.9. The van der Waals surface area contributed by atoms with Crippen molar-refractivity contribution in [1.82, 2.24) is 10.2 Å². The number of esters is 1. The molecule has 2 aromatic rings. The van der Waals surface area contributed by atoms with Crippen LogP contribution in [0.4, 0.5) is 5.69 Å². The van der Waals surface area contributed by atoms with Gasteiger partial charge in [0.15, 0.2) is 0 Å². The SMILES string of the molecule is CCOC(=O)c1sc(-c2ccccc2)cc1NC(=O)CN1CCC(NC(=O)C(C)C)CC1. The average molecular weight is 458 g/mol. The summed E-state index contributed by atoms with van der Waals surface area (Å²) in [5.74, 6) is -0.563. The fraction of sp³-hybridized carbons (Fsp3) is 0.458. The lowest BCUT2D eigenvalue weighted by molar-refractivity contribution is -0.125. The first-order valence-electron chi connectivity index (χ1n) is 11.1. The van der Waals surface area contributed by atoms with Crippen LogP contribution in [0.5, 0.6) is 0 Å². The number of nitrogens with one attached hydrogen (secondary N) is 2. The van der Waals surface area contributed by atoms with Gasteiger partial charge in [0.1, 0.15) is 4.88 Å². The van der Waals surface area contributed by atoms with Crippen LogP contribution in [0.15, 0.2) is 36.4 Å². The van der Waals surface area contributed by atoms with Gasteiger partial charge in [-0.3, -0.25) is 14.5 Å². The molecule has 1 saturated heterocycles. The third-order valence-corrected chi connectivity index (χ3v) is 6.52. The fourth-order valence-corrected chi connectivity index (χ4v) is 4.59. The minimum atomic E-state index is -0.434. The van der Waals surface area contributed by atoms with E-state index in [1.165, 1.54) is 11.3 Å². The van der Waals surface area contributed by atoms with Crippen LogP contribution in [0, 0.1) is 5.92 Å². The number of ether oxygens (including phenoxy) is 1. The van der Waals surface area contributed by atoms with Crippen LogP contribution >= 0.6 is 11.3 Å². The molecule has 0 spiro atoms.